The lowest BCUT2D eigenvalue weighted by Crippen LogP contribution is -2.17. The van der Waals surface area contributed by atoms with Gasteiger partial charge < -0.3 is 10.5 Å². The van der Waals surface area contributed by atoms with Crippen molar-refractivity contribution in [3.05, 3.63) is 29.8 Å². The minimum Gasteiger partial charge on any atom is -0.494 e. The molecule has 1 aromatic rings. The van der Waals surface area contributed by atoms with Crippen molar-refractivity contribution < 1.29 is 4.74 Å². The lowest BCUT2D eigenvalue weighted by molar-refractivity contribution is 0.297. The maximum atomic E-state index is 5.76. The van der Waals surface area contributed by atoms with Crippen molar-refractivity contribution in [1.82, 2.24) is 0 Å². The first-order chi connectivity index (χ1) is 8.08. The molecule has 1 unspecified atom stereocenters. The first-order valence-electron chi connectivity index (χ1n) is 6.55. The Bertz CT molecular complexity index is 303. The fraction of sp³-hybridized carbons (Fsp3) is 0.600. The number of benzene rings is 1. The molecule has 1 atom stereocenters. The van der Waals surface area contributed by atoms with Crippen molar-refractivity contribution >= 4 is 0 Å². The summed E-state index contributed by atoms with van der Waals surface area (Å²) in [7, 11) is 0. The van der Waals surface area contributed by atoms with Gasteiger partial charge in [-0.3, -0.25) is 0 Å². The molecule has 0 radical (unpaired) electrons. The second-order valence-corrected chi connectivity index (χ2v) is 5.21. The highest BCUT2D eigenvalue weighted by Gasteiger charge is 1.99. The second-order valence-electron chi connectivity index (χ2n) is 5.21. The molecular formula is C15H25NO. The molecule has 0 aliphatic heterocycles. The normalized spacial score (nSPS) is 12.8. The fourth-order valence-electron chi connectivity index (χ4n) is 1.78. The van der Waals surface area contributed by atoms with Crippen molar-refractivity contribution in [1.29, 1.82) is 0 Å². The van der Waals surface area contributed by atoms with Gasteiger partial charge in [-0.15, -0.1) is 0 Å². The molecule has 0 fully saturated rings. The van der Waals surface area contributed by atoms with Crippen molar-refractivity contribution in [2.24, 2.45) is 11.7 Å². The van der Waals surface area contributed by atoms with Gasteiger partial charge in [0.2, 0.25) is 0 Å². The molecule has 96 valence electrons. The van der Waals surface area contributed by atoms with Crippen LogP contribution >= 0.6 is 0 Å². The molecule has 2 heteroatoms. The van der Waals surface area contributed by atoms with Crippen LogP contribution < -0.4 is 10.5 Å². The van der Waals surface area contributed by atoms with Gasteiger partial charge in [0, 0.05) is 6.04 Å². The quantitative estimate of drug-likeness (QED) is 0.735. The molecule has 0 amide bonds. The van der Waals surface area contributed by atoms with Gasteiger partial charge in [-0.05, 0) is 49.8 Å². The van der Waals surface area contributed by atoms with Crippen LogP contribution in [0.15, 0.2) is 24.3 Å². The Labute approximate surface area is 105 Å². The maximum absolute atomic E-state index is 5.76. The Hall–Kier alpha value is -1.02. The number of hydrogen-bond acceptors (Lipinski definition) is 2. The Morgan fingerprint density at radius 1 is 1.12 bits per heavy atom. The SMILES string of the molecule is CC(C)CCCOc1ccc(CC(C)N)cc1. The summed E-state index contributed by atoms with van der Waals surface area (Å²) < 4.78 is 5.69. The number of rotatable bonds is 7. The van der Waals surface area contributed by atoms with Crippen LogP contribution in [0.25, 0.3) is 0 Å². The summed E-state index contributed by atoms with van der Waals surface area (Å²) >= 11 is 0. The number of nitrogens with two attached hydrogens (primary N) is 1. The molecule has 1 aromatic carbocycles. The van der Waals surface area contributed by atoms with E-state index in [9.17, 15) is 0 Å². The molecule has 0 aliphatic carbocycles. The highest BCUT2D eigenvalue weighted by atomic mass is 16.5. The first-order valence-corrected chi connectivity index (χ1v) is 6.55. The highest BCUT2D eigenvalue weighted by molar-refractivity contribution is 5.27. The van der Waals surface area contributed by atoms with Crippen molar-refractivity contribution in [2.45, 2.75) is 46.1 Å². The smallest absolute Gasteiger partial charge is 0.119 e. The van der Waals surface area contributed by atoms with Gasteiger partial charge in [-0.25, -0.2) is 0 Å². The molecule has 2 nitrogen and oxygen atoms in total. The second kappa shape index (κ2) is 7.33. The zero-order valence-electron chi connectivity index (χ0n) is 11.3. The van der Waals surface area contributed by atoms with Gasteiger partial charge in [-0.2, -0.15) is 0 Å². The lowest BCUT2D eigenvalue weighted by atomic mass is 10.1. The van der Waals surface area contributed by atoms with E-state index in [-0.39, 0.29) is 6.04 Å². The molecule has 0 aliphatic rings. The van der Waals surface area contributed by atoms with Gasteiger partial charge in [-0.1, -0.05) is 26.0 Å². The summed E-state index contributed by atoms with van der Waals surface area (Å²) in [6.45, 7) is 7.31. The Kier molecular flexibility index (Phi) is 6.06. The van der Waals surface area contributed by atoms with E-state index in [1.165, 1.54) is 12.0 Å². The largest absolute Gasteiger partial charge is 0.494 e. The van der Waals surface area contributed by atoms with E-state index < -0.39 is 0 Å². The van der Waals surface area contributed by atoms with Crippen molar-refractivity contribution in [3.63, 3.8) is 0 Å². The predicted octanol–water partition coefficient (Wildman–Crippen LogP) is 3.39. The van der Waals surface area contributed by atoms with Crippen LogP contribution in [0.3, 0.4) is 0 Å². The highest BCUT2D eigenvalue weighted by Crippen LogP contribution is 2.14. The van der Waals surface area contributed by atoms with E-state index in [2.05, 4.69) is 26.0 Å². The molecule has 0 saturated carbocycles. The van der Waals surface area contributed by atoms with Gasteiger partial charge in [0.05, 0.1) is 6.61 Å². The summed E-state index contributed by atoms with van der Waals surface area (Å²) in [6.07, 6.45) is 3.27. The van der Waals surface area contributed by atoms with Crippen LogP contribution in [0.4, 0.5) is 0 Å². The number of ether oxygens (including phenoxy) is 1. The molecule has 1 rings (SSSR count). The standard InChI is InChI=1S/C15H25NO/c1-12(2)5-4-10-17-15-8-6-14(7-9-15)11-13(3)16/h6-9,12-13H,4-5,10-11,16H2,1-3H3. The van der Waals surface area contributed by atoms with Crippen molar-refractivity contribution in [2.75, 3.05) is 6.61 Å². The van der Waals surface area contributed by atoms with Gasteiger partial charge in [0.1, 0.15) is 5.75 Å². The third-order valence-electron chi connectivity index (χ3n) is 2.68. The van der Waals surface area contributed by atoms with Crippen LogP contribution in [0.1, 0.15) is 39.2 Å². The van der Waals surface area contributed by atoms with E-state index in [1.807, 2.05) is 19.1 Å². The fourth-order valence-corrected chi connectivity index (χ4v) is 1.78. The van der Waals surface area contributed by atoms with Gasteiger partial charge in [0.25, 0.3) is 0 Å². The molecular weight excluding hydrogens is 210 g/mol. The van der Waals surface area contributed by atoms with Crippen LogP contribution in [0.2, 0.25) is 0 Å². The lowest BCUT2D eigenvalue weighted by Gasteiger charge is -2.09. The van der Waals surface area contributed by atoms with Gasteiger partial charge >= 0.3 is 0 Å². The Balaban J connectivity index is 2.30. The summed E-state index contributed by atoms with van der Waals surface area (Å²) in [4.78, 5) is 0. The van der Waals surface area contributed by atoms with E-state index in [1.54, 1.807) is 0 Å². The van der Waals surface area contributed by atoms with E-state index in [0.717, 1.165) is 31.1 Å². The average Bonchev–Trinajstić information content (AvgIpc) is 2.25. The van der Waals surface area contributed by atoms with Crippen LogP contribution in [-0.4, -0.2) is 12.6 Å². The molecule has 0 spiro atoms. The summed E-state index contributed by atoms with van der Waals surface area (Å²) in [6, 6.07) is 8.48. The molecule has 17 heavy (non-hydrogen) atoms. The average molecular weight is 235 g/mol. The summed E-state index contributed by atoms with van der Waals surface area (Å²) in [5, 5.41) is 0. The van der Waals surface area contributed by atoms with E-state index >= 15 is 0 Å². The van der Waals surface area contributed by atoms with Gasteiger partial charge in [0.15, 0.2) is 0 Å². The first kappa shape index (κ1) is 14.0. The summed E-state index contributed by atoms with van der Waals surface area (Å²) in [5.41, 5.74) is 7.03. The van der Waals surface area contributed by atoms with E-state index in [0.29, 0.717) is 0 Å². The number of hydrogen-bond donors (Lipinski definition) is 1. The van der Waals surface area contributed by atoms with Crippen LogP contribution in [0.5, 0.6) is 5.75 Å². The third-order valence-corrected chi connectivity index (χ3v) is 2.68. The minimum absolute atomic E-state index is 0.216. The van der Waals surface area contributed by atoms with Crippen LogP contribution in [0, 0.1) is 5.92 Å². The molecule has 2 N–H and O–H groups in total. The Morgan fingerprint density at radius 2 is 1.76 bits per heavy atom. The van der Waals surface area contributed by atoms with E-state index in [4.69, 9.17) is 10.5 Å². The Morgan fingerprint density at radius 3 is 2.29 bits per heavy atom. The molecule has 0 saturated heterocycles. The third kappa shape index (κ3) is 6.32. The minimum atomic E-state index is 0.216. The monoisotopic (exact) mass is 235 g/mol. The zero-order valence-corrected chi connectivity index (χ0v) is 11.3. The molecule has 0 aromatic heterocycles. The van der Waals surface area contributed by atoms with Crippen LogP contribution in [-0.2, 0) is 6.42 Å². The predicted molar refractivity (Wildman–Crippen MR) is 73.4 cm³/mol. The van der Waals surface area contributed by atoms with Crippen molar-refractivity contribution in [3.8, 4) is 5.75 Å². The molecule has 0 heterocycles. The molecule has 0 bridgehead atoms. The maximum Gasteiger partial charge on any atom is 0.119 e. The summed E-state index contributed by atoms with van der Waals surface area (Å²) in [5.74, 6) is 1.72. The zero-order chi connectivity index (χ0) is 12.7. The topological polar surface area (TPSA) is 35.2 Å².